The molecule has 0 saturated heterocycles. The molecule has 2 nitrogen and oxygen atoms in total. The van der Waals surface area contributed by atoms with Gasteiger partial charge in [-0.2, -0.15) is 0 Å². The van der Waals surface area contributed by atoms with Crippen LogP contribution in [0.25, 0.3) is 0 Å². The van der Waals surface area contributed by atoms with Gasteiger partial charge in [0.25, 0.3) is 0 Å². The molecule has 0 aliphatic heterocycles. The first-order valence-corrected chi connectivity index (χ1v) is 5.65. The van der Waals surface area contributed by atoms with Crippen LogP contribution in [0.15, 0.2) is 24.3 Å². The molecule has 15 heavy (non-hydrogen) atoms. The minimum Gasteiger partial charge on any atom is -0.491 e. The van der Waals surface area contributed by atoms with Crippen molar-refractivity contribution in [1.29, 1.82) is 0 Å². The summed E-state index contributed by atoms with van der Waals surface area (Å²) in [5.74, 6) is 0.911. The van der Waals surface area contributed by atoms with Crippen molar-refractivity contribution in [2.75, 3.05) is 0 Å². The van der Waals surface area contributed by atoms with Gasteiger partial charge in [-0.1, -0.05) is 25.5 Å². The van der Waals surface area contributed by atoms with E-state index in [9.17, 15) is 0 Å². The van der Waals surface area contributed by atoms with Gasteiger partial charge < -0.3 is 10.5 Å². The Labute approximate surface area is 92.4 Å². The molecule has 0 spiro atoms. The molecule has 2 heteroatoms. The van der Waals surface area contributed by atoms with Crippen LogP contribution in [-0.4, -0.2) is 6.10 Å². The van der Waals surface area contributed by atoms with Crippen molar-refractivity contribution in [3.05, 3.63) is 29.8 Å². The largest absolute Gasteiger partial charge is 0.491 e. The average molecular weight is 207 g/mol. The van der Waals surface area contributed by atoms with E-state index in [0.717, 1.165) is 24.2 Å². The van der Waals surface area contributed by atoms with Gasteiger partial charge in [-0.15, -0.1) is 0 Å². The second-order valence-corrected chi connectivity index (χ2v) is 4.13. The molecule has 0 aromatic heterocycles. The molecule has 84 valence electrons. The summed E-state index contributed by atoms with van der Waals surface area (Å²) in [6.45, 7) is 6.20. The van der Waals surface area contributed by atoms with Crippen LogP contribution < -0.4 is 10.5 Å². The summed E-state index contributed by atoms with van der Waals surface area (Å²) in [4.78, 5) is 0. The fourth-order valence-corrected chi connectivity index (χ4v) is 1.57. The Morgan fingerprint density at radius 1 is 1.33 bits per heavy atom. The lowest BCUT2D eigenvalue weighted by Crippen LogP contribution is -2.11. The van der Waals surface area contributed by atoms with Crippen molar-refractivity contribution in [2.24, 2.45) is 5.73 Å². The van der Waals surface area contributed by atoms with Crippen LogP contribution in [0.3, 0.4) is 0 Å². The van der Waals surface area contributed by atoms with E-state index in [-0.39, 0.29) is 12.1 Å². The van der Waals surface area contributed by atoms with Crippen molar-refractivity contribution in [2.45, 2.75) is 45.8 Å². The zero-order valence-corrected chi connectivity index (χ0v) is 9.86. The predicted octanol–water partition coefficient (Wildman–Crippen LogP) is 3.27. The molecule has 2 N–H and O–H groups in total. The Kier molecular flexibility index (Phi) is 4.63. The monoisotopic (exact) mass is 207 g/mol. The number of benzene rings is 1. The number of hydrogen-bond donors (Lipinski definition) is 1. The van der Waals surface area contributed by atoms with E-state index in [2.05, 4.69) is 13.0 Å². The third-order valence-electron chi connectivity index (χ3n) is 2.26. The van der Waals surface area contributed by atoms with E-state index >= 15 is 0 Å². The van der Waals surface area contributed by atoms with E-state index in [1.807, 2.05) is 32.0 Å². The third-order valence-corrected chi connectivity index (χ3v) is 2.26. The van der Waals surface area contributed by atoms with E-state index in [1.54, 1.807) is 0 Å². The highest BCUT2D eigenvalue weighted by atomic mass is 16.5. The lowest BCUT2D eigenvalue weighted by molar-refractivity contribution is 0.242. The minimum absolute atomic E-state index is 0.130. The van der Waals surface area contributed by atoms with Gasteiger partial charge in [-0.25, -0.2) is 0 Å². The summed E-state index contributed by atoms with van der Waals surface area (Å²) >= 11 is 0. The zero-order chi connectivity index (χ0) is 11.3. The summed E-state index contributed by atoms with van der Waals surface area (Å²) in [5, 5.41) is 0. The van der Waals surface area contributed by atoms with Crippen LogP contribution >= 0.6 is 0 Å². The third kappa shape index (κ3) is 3.92. The molecule has 0 heterocycles. The van der Waals surface area contributed by atoms with Crippen LogP contribution in [0.5, 0.6) is 5.75 Å². The van der Waals surface area contributed by atoms with Gasteiger partial charge in [0.2, 0.25) is 0 Å². The van der Waals surface area contributed by atoms with Gasteiger partial charge in [-0.3, -0.25) is 0 Å². The van der Waals surface area contributed by atoms with E-state index in [0.29, 0.717) is 0 Å². The van der Waals surface area contributed by atoms with E-state index in [4.69, 9.17) is 10.5 Å². The molecular formula is C13H21NO. The Morgan fingerprint density at radius 3 is 2.67 bits per heavy atom. The first kappa shape index (κ1) is 12.1. The maximum absolute atomic E-state index is 6.05. The lowest BCUT2D eigenvalue weighted by atomic mass is 10.0. The number of nitrogens with two attached hydrogens (primary N) is 1. The van der Waals surface area contributed by atoms with Crippen molar-refractivity contribution in [3.8, 4) is 5.75 Å². The topological polar surface area (TPSA) is 35.2 Å². The molecule has 0 aliphatic carbocycles. The van der Waals surface area contributed by atoms with Crippen LogP contribution in [0.2, 0.25) is 0 Å². The molecule has 0 amide bonds. The molecule has 0 aliphatic rings. The SMILES string of the molecule is CCCC(N)c1cccc(OC(C)C)c1. The summed E-state index contributed by atoms with van der Waals surface area (Å²) in [6, 6.07) is 8.21. The van der Waals surface area contributed by atoms with Crippen LogP contribution in [-0.2, 0) is 0 Å². The molecule has 1 unspecified atom stereocenters. The summed E-state index contributed by atoms with van der Waals surface area (Å²) in [5.41, 5.74) is 7.21. The molecule has 1 atom stereocenters. The molecule has 0 saturated carbocycles. The smallest absolute Gasteiger partial charge is 0.120 e. The van der Waals surface area contributed by atoms with E-state index in [1.165, 1.54) is 0 Å². The summed E-state index contributed by atoms with van der Waals surface area (Å²) in [7, 11) is 0. The first-order valence-electron chi connectivity index (χ1n) is 5.65. The van der Waals surface area contributed by atoms with Crippen molar-refractivity contribution >= 4 is 0 Å². The lowest BCUT2D eigenvalue weighted by Gasteiger charge is -2.14. The Bertz CT molecular complexity index is 296. The minimum atomic E-state index is 0.130. The molecule has 1 aromatic carbocycles. The summed E-state index contributed by atoms with van der Waals surface area (Å²) < 4.78 is 5.63. The average Bonchev–Trinajstić information content (AvgIpc) is 2.17. The Balaban J connectivity index is 2.73. The highest BCUT2D eigenvalue weighted by Crippen LogP contribution is 2.21. The Hall–Kier alpha value is -1.02. The molecular weight excluding hydrogens is 186 g/mol. The fourth-order valence-electron chi connectivity index (χ4n) is 1.57. The van der Waals surface area contributed by atoms with E-state index < -0.39 is 0 Å². The van der Waals surface area contributed by atoms with Gasteiger partial charge in [-0.05, 0) is 38.0 Å². The maximum Gasteiger partial charge on any atom is 0.120 e. The molecule has 0 fully saturated rings. The van der Waals surface area contributed by atoms with Crippen molar-refractivity contribution in [1.82, 2.24) is 0 Å². The van der Waals surface area contributed by atoms with Crippen molar-refractivity contribution in [3.63, 3.8) is 0 Å². The fraction of sp³-hybridized carbons (Fsp3) is 0.538. The van der Waals surface area contributed by atoms with Gasteiger partial charge in [0, 0.05) is 6.04 Å². The normalized spacial score (nSPS) is 12.9. The van der Waals surface area contributed by atoms with Crippen LogP contribution in [0, 0.1) is 0 Å². The second-order valence-electron chi connectivity index (χ2n) is 4.13. The predicted molar refractivity (Wildman–Crippen MR) is 64.0 cm³/mol. The standard InChI is InChI=1S/C13H21NO/c1-4-6-13(14)11-7-5-8-12(9-11)15-10(2)3/h5,7-10,13H,4,6,14H2,1-3H3. The van der Waals surface area contributed by atoms with Gasteiger partial charge >= 0.3 is 0 Å². The molecule has 1 aromatic rings. The van der Waals surface area contributed by atoms with Gasteiger partial charge in [0.1, 0.15) is 5.75 Å². The van der Waals surface area contributed by atoms with Crippen LogP contribution in [0.4, 0.5) is 0 Å². The maximum atomic E-state index is 6.05. The highest BCUT2D eigenvalue weighted by molar-refractivity contribution is 5.30. The zero-order valence-electron chi connectivity index (χ0n) is 9.86. The molecule has 0 radical (unpaired) electrons. The second kappa shape index (κ2) is 5.76. The van der Waals surface area contributed by atoms with Crippen molar-refractivity contribution < 1.29 is 4.74 Å². The Morgan fingerprint density at radius 2 is 2.07 bits per heavy atom. The first-order chi connectivity index (χ1) is 7.13. The number of hydrogen-bond acceptors (Lipinski definition) is 2. The van der Waals surface area contributed by atoms with Gasteiger partial charge in [0.15, 0.2) is 0 Å². The quantitative estimate of drug-likeness (QED) is 0.804. The number of rotatable bonds is 5. The number of ether oxygens (including phenoxy) is 1. The molecule has 0 bridgehead atoms. The van der Waals surface area contributed by atoms with Gasteiger partial charge in [0.05, 0.1) is 6.10 Å². The highest BCUT2D eigenvalue weighted by Gasteiger charge is 2.06. The van der Waals surface area contributed by atoms with Crippen LogP contribution in [0.1, 0.15) is 45.2 Å². The summed E-state index contributed by atoms with van der Waals surface area (Å²) in [6.07, 6.45) is 2.34. The molecule has 1 rings (SSSR count).